The van der Waals surface area contributed by atoms with Crippen LogP contribution in [0.1, 0.15) is 90.9 Å². The van der Waals surface area contributed by atoms with E-state index >= 15 is 0 Å². The van der Waals surface area contributed by atoms with Crippen LogP contribution in [0.3, 0.4) is 0 Å². The molecule has 2 bridgehead atoms. The average molecular weight is 292 g/mol. The Bertz CT molecular complexity index is 354. The maximum atomic E-state index is 11.7. The molecule has 4 saturated carbocycles. The minimum atomic E-state index is -0.0739. The van der Waals surface area contributed by atoms with Gasteiger partial charge < -0.3 is 4.74 Å². The first-order valence-electron chi connectivity index (χ1n) is 9.33. The van der Waals surface area contributed by atoms with Crippen LogP contribution in [-0.4, -0.2) is 11.6 Å². The van der Waals surface area contributed by atoms with Gasteiger partial charge in [0.2, 0.25) is 0 Å². The van der Waals surface area contributed by atoms with Crippen LogP contribution in [0.5, 0.6) is 0 Å². The molecule has 0 N–H and O–H groups in total. The Morgan fingerprint density at radius 1 is 0.952 bits per heavy atom. The molecule has 0 aromatic carbocycles. The van der Waals surface area contributed by atoms with Crippen LogP contribution >= 0.6 is 0 Å². The average Bonchev–Trinajstić information content (AvgIpc) is 2.56. The molecule has 0 atom stereocenters. The van der Waals surface area contributed by atoms with Crippen LogP contribution in [0, 0.1) is 17.3 Å². The van der Waals surface area contributed by atoms with E-state index in [1.807, 2.05) is 6.92 Å². The third-order valence-corrected chi connectivity index (χ3v) is 7.14. The van der Waals surface area contributed by atoms with Crippen LogP contribution < -0.4 is 0 Å². The smallest absolute Gasteiger partial charge is 0.306 e. The van der Waals surface area contributed by atoms with E-state index in [4.69, 9.17) is 4.74 Å². The van der Waals surface area contributed by atoms with Gasteiger partial charge in [-0.25, -0.2) is 0 Å². The Labute approximate surface area is 130 Å². The Balaban J connectivity index is 1.60. The molecule has 0 radical (unpaired) electrons. The molecule has 4 aliphatic rings. The van der Waals surface area contributed by atoms with Crippen molar-refractivity contribution in [2.24, 2.45) is 17.3 Å². The molecule has 4 fully saturated rings. The van der Waals surface area contributed by atoms with Gasteiger partial charge >= 0.3 is 5.97 Å². The molecule has 120 valence electrons. The summed E-state index contributed by atoms with van der Waals surface area (Å²) >= 11 is 0. The molecule has 0 saturated heterocycles. The van der Waals surface area contributed by atoms with Crippen molar-refractivity contribution in [1.82, 2.24) is 0 Å². The predicted octanol–water partition coefficient (Wildman–Crippen LogP) is 5.25. The van der Waals surface area contributed by atoms with E-state index in [1.54, 1.807) is 0 Å². The van der Waals surface area contributed by atoms with Gasteiger partial charge in [-0.1, -0.05) is 33.1 Å². The molecule has 2 heteroatoms. The number of carbonyl (C=O) groups excluding carboxylic acids is 1. The Kier molecular flexibility index (Phi) is 4.34. The topological polar surface area (TPSA) is 26.3 Å². The zero-order valence-electron chi connectivity index (χ0n) is 14.0. The van der Waals surface area contributed by atoms with Gasteiger partial charge in [0.15, 0.2) is 0 Å². The molecule has 4 aliphatic carbocycles. The number of esters is 1. The lowest BCUT2D eigenvalue weighted by molar-refractivity contribution is -0.182. The zero-order valence-corrected chi connectivity index (χ0v) is 14.0. The van der Waals surface area contributed by atoms with Gasteiger partial charge in [-0.05, 0) is 68.6 Å². The minimum absolute atomic E-state index is 0.00727. The molecule has 0 aromatic heterocycles. The van der Waals surface area contributed by atoms with Gasteiger partial charge in [0.05, 0.1) is 0 Å². The maximum Gasteiger partial charge on any atom is 0.306 e. The SMILES string of the molecule is CCC(=O)OC12CCC([C@H]3CC[C@H](CC)CC3)(CC1)CC2. The molecule has 4 rings (SSSR count). The van der Waals surface area contributed by atoms with Crippen LogP contribution in [0.4, 0.5) is 0 Å². The lowest BCUT2D eigenvalue weighted by Crippen LogP contribution is -2.51. The summed E-state index contributed by atoms with van der Waals surface area (Å²) in [4.78, 5) is 11.7. The van der Waals surface area contributed by atoms with Crippen molar-refractivity contribution in [1.29, 1.82) is 0 Å². The highest BCUT2D eigenvalue weighted by Crippen LogP contribution is 2.60. The molecule has 0 unspecified atom stereocenters. The van der Waals surface area contributed by atoms with E-state index in [-0.39, 0.29) is 11.6 Å². The summed E-state index contributed by atoms with van der Waals surface area (Å²) in [6, 6.07) is 0. The van der Waals surface area contributed by atoms with Crippen molar-refractivity contribution >= 4 is 5.97 Å². The number of ether oxygens (including phenoxy) is 1. The van der Waals surface area contributed by atoms with Crippen LogP contribution in [0.15, 0.2) is 0 Å². The normalized spacial score (nSPS) is 42.8. The van der Waals surface area contributed by atoms with E-state index in [0.717, 1.165) is 31.1 Å². The van der Waals surface area contributed by atoms with Crippen molar-refractivity contribution < 1.29 is 9.53 Å². The van der Waals surface area contributed by atoms with Crippen molar-refractivity contribution in [2.45, 2.75) is 96.5 Å². The number of hydrogen-bond donors (Lipinski definition) is 0. The first-order chi connectivity index (χ1) is 10.1. The summed E-state index contributed by atoms with van der Waals surface area (Å²) < 4.78 is 5.84. The third-order valence-electron chi connectivity index (χ3n) is 7.14. The second kappa shape index (κ2) is 5.93. The molecule has 0 amide bonds. The quantitative estimate of drug-likeness (QED) is 0.662. The fourth-order valence-electron chi connectivity index (χ4n) is 5.44. The highest BCUT2D eigenvalue weighted by Gasteiger charge is 2.53. The molecule has 0 spiro atoms. The fourth-order valence-corrected chi connectivity index (χ4v) is 5.44. The largest absolute Gasteiger partial charge is 0.459 e. The standard InChI is InChI=1S/C19H32O2/c1-3-15-5-7-16(8-6-15)18-9-12-19(13-10-18,14-11-18)21-17(20)4-2/h15-16H,3-14H2,1-2H3/t15-,16-,18?,19?. The minimum Gasteiger partial charge on any atom is -0.459 e. The summed E-state index contributed by atoms with van der Waals surface area (Å²) in [5.41, 5.74) is 0.536. The molecular weight excluding hydrogens is 260 g/mol. The number of fused-ring (bicyclic) bond motifs is 3. The molecule has 0 aromatic rings. The summed E-state index contributed by atoms with van der Waals surface area (Å²) in [6.45, 7) is 4.25. The molecular formula is C19H32O2. The summed E-state index contributed by atoms with van der Waals surface area (Å²) in [5.74, 6) is 1.96. The monoisotopic (exact) mass is 292 g/mol. The predicted molar refractivity (Wildman–Crippen MR) is 85.0 cm³/mol. The van der Waals surface area contributed by atoms with Gasteiger partial charge in [-0.15, -0.1) is 0 Å². The van der Waals surface area contributed by atoms with Crippen molar-refractivity contribution in [3.05, 3.63) is 0 Å². The van der Waals surface area contributed by atoms with Crippen LogP contribution in [0.2, 0.25) is 0 Å². The number of hydrogen-bond acceptors (Lipinski definition) is 2. The van der Waals surface area contributed by atoms with Crippen molar-refractivity contribution in [3.8, 4) is 0 Å². The van der Waals surface area contributed by atoms with E-state index in [0.29, 0.717) is 11.8 Å². The Hall–Kier alpha value is -0.530. The second-order valence-corrected chi connectivity index (χ2v) is 8.00. The van der Waals surface area contributed by atoms with E-state index in [1.165, 1.54) is 51.4 Å². The van der Waals surface area contributed by atoms with Crippen molar-refractivity contribution in [2.75, 3.05) is 0 Å². The molecule has 21 heavy (non-hydrogen) atoms. The second-order valence-electron chi connectivity index (χ2n) is 8.00. The van der Waals surface area contributed by atoms with Gasteiger partial charge in [0.1, 0.15) is 5.60 Å². The summed E-state index contributed by atoms with van der Waals surface area (Å²) in [7, 11) is 0. The highest BCUT2D eigenvalue weighted by molar-refractivity contribution is 5.69. The Morgan fingerprint density at radius 2 is 1.52 bits per heavy atom. The highest BCUT2D eigenvalue weighted by atomic mass is 16.6. The van der Waals surface area contributed by atoms with Crippen LogP contribution in [-0.2, 0) is 9.53 Å². The van der Waals surface area contributed by atoms with Gasteiger partial charge in [-0.3, -0.25) is 4.79 Å². The number of rotatable bonds is 4. The van der Waals surface area contributed by atoms with Gasteiger partial charge in [0.25, 0.3) is 0 Å². The lowest BCUT2D eigenvalue weighted by Gasteiger charge is -2.56. The maximum absolute atomic E-state index is 11.7. The summed E-state index contributed by atoms with van der Waals surface area (Å²) in [6.07, 6.45) is 15.1. The first kappa shape index (κ1) is 15.4. The van der Waals surface area contributed by atoms with Crippen molar-refractivity contribution in [3.63, 3.8) is 0 Å². The molecule has 0 aliphatic heterocycles. The first-order valence-corrected chi connectivity index (χ1v) is 9.33. The van der Waals surface area contributed by atoms with E-state index in [9.17, 15) is 4.79 Å². The van der Waals surface area contributed by atoms with Crippen LogP contribution in [0.25, 0.3) is 0 Å². The summed E-state index contributed by atoms with van der Waals surface area (Å²) in [5, 5.41) is 0. The number of carbonyl (C=O) groups is 1. The lowest BCUT2D eigenvalue weighted by atomic mass is 9.51. The zero-order chi connectivity index (χ0) is 14.9. The van der Waals surface area contributed by atoms with E-state index in [2.05, 4.69) is 6.92 Å². The Morgan fingerprint density at radius 3 is 2.00 bits per heavy atom. The van der Waals surface area contributed by atoms with Gasteiger partial charge in [0, 0.05) is 6.42 Å². The fraction of sp³-hybridized carbons (Fsp3) is 0.947. The molecule has 2 nitrogen and oxygen atoms in total. The third kappa shape index (κ3) is 2.87. The van der Waals surface area contributed by atoms with E-state index < -0.39 is 0 Å². The molecule has 0 heterocycles. The van der Waals surface area contributed by atoms with Gasteiger partial charge in [-0.2, -0.15) is 0 Å².